The van der Waals surface area contributed by atoms with Crippen LogP contribution in [-0.2, 0) is 16.0 Å². The molecule has 8 heteroatoms. The number of ether oxygens (including phenoxy) is 2. The summed E-state index contributed by atoms with van der Waals surface area (Å²) < 4.78 is 10.1. The number of para-hydroxylation sites is 1. The quantitative estimate of drug-likeness (QED) is 0.487. The summed E-state index contributed by atoms with van der Waals surface area (Å²) in [5.41, 5.74) is 5.95. The number of hydrogen-bond acceptors (Lipinski definition) is 6. The molecule has 0 saturated heterocycles. The van der Waals surface area contributed by atoms with Crippen molar-refractivity contribution < 1.29 is 19.2 Å². The van der Waals surface area contributed by atoms with E-state index in [0.717, 1.165) is 0 Å². The summed E-state index contributed by atoms with van der Waals surface area (Å²) in [6.07, 6.45) is 0.111. The van der Waals surface area contributed by atoms with Crippen molar-refractivity contribution in [3.05, 3.63) is 63.2 Å². The van der Waals surface area contributed by atoms with E-state index < -0.39 is 16.9 Å². The molecule has 24 heavy (non-hydrogen) atoms. The Morgan fingerprint density at radius 2 is 2.00 bits per heavy atom. The Bertz CT molecular complexity index is 766. The Morgan fingerprint density at radius 3 is 2.62 bits per heavy atom. The van der Waals surface area contributed by atoms with Crippen LogP contribution < -0.4 is 10.5 Å². The molecule has 2 aromatic rings. The predicted octanol–water partition coefficient (Wildman–Crippen LogP) is 3.08. The van der Waals surface area contributed by atoms with Gasteiger partial charge in [0.1, 0.15) is 11.8 Å². The normalized spacial score (nSPS) is 11.6. The molecule has 0 amide bonds. The second-order valence-corrected chi connectivity index (χ2v) is 5.33. The van der Waals surface area contributed by atoms with Crippen LogP contribution in [0.3, 0.4) is 0 Å². The zero-order valence-corrected chi connectivity index (χ0v) is 13.5. The summed E-state index contributed by atoms with van der Waals surface area (Å²) in [5.74, 6) is -0.237. The summed E-state index contributed by atoms with van der Waals surface area (Å²) in [7, 11) is 1.23. The number of carbonyl (C=O) groups is 1. The summed E-state index contributed by atoms with van der Waals surface area (Å²) in [4.78, 5) is 22.1. The number of esters is 1. The van der Waals surface area contributed by atoms with Crippen LogP contribution in [0.1, 0.15) is 5.56 Å². The lowest BCUT2D eigenvalue weighted by Crippen LogP contribution is -2.33. The van der Waals surface area contributed by atoms with E-state index >= 15 is 0 Å². The van der Waals surface area contributed by atoms with E-state index in [1.165, 1.54) is 19.2 Å². The van der Waals surface area contributed by atoms with E-state index in [1.807, 2.05) is 0 Å². The number of halogens is 1. The molecule has 0 spiro atoms. The fraction of sp³-hybridized carbons (Fsp3) is 0.188. The van der Waals surface area contributed by atoms with Gasteiger partial charge in [-0.05, 0) is 30.2 Å². The second kappa shape index (κ2) is 7.76. The largest absolute Gasteiger partial charge is 0.468 e. The number of nitrogens with zero attached hydrogens (tertiary/aromatic N) is 1. The van der Waals surface area contributed by atoms with E-state index in [2.05, 4.69) is 4.74 Å². The highest BCUT2D eigenvalue weighted by molar-refractivity contribution is 6.32. The van der Waals surface area contributed by atoms with Gasteiger partial charge in [-0.25, -0.2) is 0 Å². The molecule has 0 aliphatic carbocycles. The Morgan fingerprint density at radius 1 is 1.29 bits per heavy atom. The smallest absolute Gasteiger partial charge is 0.322 e. The minimum absolute atomic E-state index is 0.0449. The maximum Gasteiger partial charge on any atom is 0.322 e. The molecule has 0 radical (unpaired) electrons. The summed E-state index contributed by atoms with van der Waals surface area (Å²) in [6.45, 7) is 0. The first kappa shape index (κ1) is 17.7. The van der Waals surface area contributed by atoms with Crippen molar-refractivity contribution in [1.82, 2.24) is 0 Å². The maximum absolute atomic E-state index is 11.4. The summed E-state index contributed by atoms with van der Waals surface area (Å²) in [6, 6.07) is 10.1. The Labute approximate surface area is 143 Å². The Kier molecular flexibility index (Phi) is 5.73. The monoisotopic (exact) mass is 350 g/mol. The van der Waals surface area contributed by atoms with Crippen LogP contribution in [0.5, 0.6) is 11.5 Å². The zero-order valence-electron chi connectivity index (χ0n) is 12.8. The lowest BCUT2D eigenvalue weighted by molar-refractivity contribution is -0.385. The summed E-state index contributed by atoms with van der Waals surface area (Å²) in [5, 5.41) is 11.6. The molecule has 0 aromatic heterocycles. The minimum atomic E-state index is -0.898. The lowest BCUT2D eigenvalue weighted by atomic mass is 10.1. The highest BCUT2D eigenvalue weighted by atomic mass is 35.5. The van der Waals surface area contributed by atoms with Gasteiger partial charge in [0, 0.05) is 6.07 Å². The molecule has 0 bridgehead atoms. The van der Waals surface area contributed by atoms with Gasteiger partial charge in [-0.3, -0.25) is 14.9 Å². The Hall–Kier alpha value is -2.64. The van der Waals surface area contributed by atoms with Crippen molar-refractivity contribution >= 4 is 23.3 Å². The van der Waals surface area contributed by atoms with Gasteiger partial charge in [-0.2, -0.15) is 0 Å². The third-order valence-corrected chi connectivity index (χ3v) is 3.55. The molecule has 7 nitrogen and oxygen atoms in total. The van der Waals surface area contributed by atoms with E-state index in [0.29, 0.717) is 16.3 Å². The van der Waals surface area contributed by atoms with Crippen molar-refractivity contribution in [2.24, 2.45) is 5.73 Å². The highest BCUT2D eigenvalue weighted by Crippen LogP contribution is 2.35. The molecule has 0 saturated carbocycles. The van der Waals surface area contributed by atoms with Crippen LogP contribution >= 0.6 is 11.6 Å². The standard InChI is InChI=1S/C16H15ClN2O5/c1-23-16(20)12(18)8-10-6-7-15(13(9-10)19(21)22)24-14-5-3-2-4-11(14)17/h2-7,9,12H,8,18H2,1H3. The first-order valence-electron chi connectivity index (χ1n) is 6.95. The third kappa shape index (κ3) is 4.21. The second-order valence-electron chi connectivity index (χ2n) is 4.93. The SMILES string of the molecule is COC(=O)C(N)Cc1ccc(Oc2ccccc2Cl)c([N+](=O)[O-])c1. The number of hydrogen-bond donors (Lipinski definition) is 1. The molecule has 2 aromatic carbocycles. The van der Waals surface area contributed by atoms with Gasteiger partial charge in [0.15, 0.2) is 0 Å². The van der Waals surface area contributed by atoms with Gasteiger partial charge in [-0.1, -0.05) is 29.8 Å². The number of benzene rings is 2. The number of methoxy groups -OCH3 is 1. The van der Waals surface area contributed by atoms with Crippen LogP contribution in [-0.4, -0.2) is 24.0 Å². The van der Waals surface area contributed by atoms with Crippen LogP contribution in [0, 0.1) is 10.1 Å². The van der Waals surface area contributed by atoms with E-state index in [9.17, 15) is 14.9 Å². The van der Waals surface area contributed by atoms with Gasteiger partial charge in [0.25, 0.3) is 0 Å². The van der Waals surface area contributed by atoms with Crippen molar-refractivity contribution in [2.75, 3.05) is 7.11 Å². The molecular formula is C16H15ClN2O5. The fourth-order valence-corrected chi connectivity index (χ4v) is 2.23. The maximum atomic E-state index is 11.4. The molecular weight excluding hydrogens is 336 g/mol. The van der Waals surface area contributed by atoms with E-state index in [4.69, 9.17) is 22.1 Å². The number of nitrogens with two attached hydrogens (primary N) is 1. The number of rotatable bonds is 6. The summed E-state index contributed by atoms with van der Waals surface area (Å²) >= 11 is 5.99. The highest BCUT2D eigenvalue weighted by Gasteiger charge is 2.20. The van der Waals surface area contributed by atoms with Gasteiger partial charge >= 0.3 is 11.7 Å². The van der Waals surface area contributed by atoms with Crippen molar-refractivity contribution in [3.63, 3.8) is 0 Å². The molecule has 0 heterocycles. The number of nitro groups is 1. The van der Waals surface area contributed by atoms with Gasteiger partial charge in [0.05, 0.1) is 17.1 Å². The number of carbonyl (C=O) groups excluding carboxylic acids is 1. The van der Waals surface area contributed by atoms with Crippen LogP contribution in [0.2, 0.25) is 5.02 Å². The third-order valence-electron chi connectivity index (χ3n) is 3.24. The van der Waals surface area contributed by atoms with Crippen molar-refractivity contribution in [1.29, 1.82) is 0 Å². The van der Waals surface area contributed by atoms with E-state index in [-0.39, 0.29) is 17.9 Å². The van der Waals surface area contributed by atoms with Crippen LogP contribution in [0.25, 0.3) is 0 Å². The molecule has 126 valence electrons. The van der Waals surface area contributed by atoms with E-state index in [1.54, 1.807) is 30.3 Å². The molecule has 1 unspecified atom stereocenters. The topological polar surface area (TPSA) is 105 Å². The molecule has 0 aliphatic rings. The molecule has 0 aliphatic heterocycles. The first-order chi connectivity index (χ1) is 11.4. The minimum Gasteiger partial charge on any atom is -0.468 e. The molecule has 0 fully saturated rings. The predicted molar refractivity (Wildman–Crippen MR) is 88.3 cm³/mol. The van der Waals surface area contributed by atoms with Crippen LogP contribution in [0.4, 0.5) is 5.69 Å². The van der Waals surface area contributed by atoms with Gasteiger partial charge in [-0.15, -0.1) is 0 Å². The van der Waals surface area contributed by atoms with Crippen LogP contribution in [0.15, 0.2) is 42.5 Å². The van der Waals surface area contributed by atoms with Crippen molar-refractivity contribution in [3.8, 4) is 11.5 Å². The van der Waals surface area contributed by atoms with Gasteiger partial charge in [0.2, 0.25) is 5.75 Å². The molecule has 2 rings (SSSR count). The molecule has 1 atom stereocenters. The lowest BCUT2D eigenvalue weighted by Gasteiger charge is -2.11. The van der Waals surface area contributed by atoms with Gasteiger partial charge < -0.3 is 15.2 Å². The Balaban J connectivity index is 2.29. The average molecular weight is 351 g/mol. The molecule has 2 N–H and O–H groups in total. The fourth-order valence-electron chi connectivity index (χ4n) is 2.05. The number of nitro benzene ring substituents is 1. The first-order valence-corrected chi connectivity index (χ1v) is 7.33. The average Bonchev–Trinajstić information content (AvgIpc) is 2.57. The van der Waals surface area contributed by atoms with Crippen molar-refractivity contribution in [2.45, 2.75) is 12.5 Å². The zero-order chi connectivity index (χ0) is 17.7.